The molecule has 4 nitrogen and oxygen atoms in total. The Morgan fingerprint density at radius 1 is 1.67 bits per heavy atom. The summed E-state index contributed by atoms with van der Waals surface area (Å²) in [5, 5.41) is 11.7. The fourth-order valence-electron chi connectivity index (χ4n) is 1.91. The van der Waals surface area contributed by atoms with E-state index in [0.717, 1.165) is 19.5 Å². The van der Waals surface area contributed by atoms with Crippen LogP contribution in [0.2, 0.25) is 0 Å². The number of nitrogens with one attached hydrogen (secondary N) is 1. The van der Waals surface area contributed by atoms with Crippen LogP contribution < -0.4 is 5.32 Å². The lowest BCUT2D eigenvalue weighted by Crippen LogP contribution is -2.33. The highest BCUT2D eigenvalue weighted by molar-refractivity contribution is 5.76. The number of hydrogen-bond acceptors (Lipinski definition) is 3. The van der Waals surface area contributed by atoms with Crippen LogP contribution in [-0.4, -0.2) is 37.0 Å². The van der Waals surface area contributed by atoms with E-state index < -0.39 is 0 Å². The molecule has 1 amide bonds. The fourth-order valence-corrected chi connectivity index (χ4v) is 1.91. The molecular formula is C11H19N3O. The summed E-state index contributed by atoms with van der Waals surface area (Å²) in [5.41, 5.74) is 0. The number of hydrogen-bond donors (Lipinski definition) is 1. The minimum absolute atomic E-state index is 0.196. The van der Waals surface area contributed by atoms with Gasteiger partial charge in [-0.3, -0.25) is 4.79 Å². The molecule has 0 aliphatic carbocycles. The van der Waals surface area contributed by atoms with Crippen molar-refractivity contribution < 1.29 is 4.79 Å². The molecule has 0 saturated carbocycles. The Kier molecular flexibility index (Phi) is 5.13. The summed E-state index contributed by atoms with van der Waals surface area (Å²) in [6.45, 7) is 5.23. The van der Waals surface area contributed by atoms with E-state index in [1.807, 2.05) is 6.92 Å². The molecule has 0 spiro atoms. The molecule has 0 aromatic rings. The van der Waals surface area contributed by atoms with E-state index in [9.17, 15) is 4.79 Å². The topological polar surface area (TPSA) is 56.1 Å². The number of amides is 1. The van der Waals surface area contributed by atoms with Crippen LogP contribution in [0.5, 0.6) is 0 Å². The Morgan fingerprint density at radius 2 is 2.47 bits per heavy atom. The number of nitrogens with zero attached hydrogens (tertiary/aromatic N) is 2. The van der Waals surface area contributed by atoms with Gasteiger partial charge in [-0.15, -0.1) is 0 Å². The average Bonchev–Trinajstić information content (AvgIpc) is 2.71. The fraction of sp³-hybridized carbons (Fsp3) is 0.818. The minimum atomic E-state index is 0.196. The first-order chi connectivity index (χ1) is 7.27. The van der Waals surface area contributed by atoms with Crippen LogP contribution in [0.1, 0.15) is 26.2 Å². The van der Waals surface area contributed by atoms with Gasteiger partial charge < -0.3 is 10.2 Å². The molecule has 1 aliphatic rings. The zero-order valence-corrected chi connectivity index (χ0v) is 9.33. The average molecular weight is 209 g/mol. The van der Waals surface area contributed by atoms with Gasteiger partial charge in [0.15, 0.2) is 0 Å². The SMILES string of the molecule is CCN(CCC#N)C(=O)CC1CCNC1. The molecular weight excluding hydrogens is 190 g/mol. The Labute approximate surface area is 91.2 Å². The molecule has 0 bridgehead atoms. The second-order valence-electron chi connectivity index (χ2n) is 3.94. The largest absolute Gasteiger partial charge is 0.342 e. The molecule has 1 unspecified atom stereocenters. The predicted molar refractivity (Wildman–Crippen MR) is 58.1 cm³/mol. The third-order valence-electron chi connectivity index (χ3n) is 2.85. The normalized spacial score (nSPS) is 19.9. The Morgan fingerprint density at radius 3 is 3.00 bits per heavy atom. The first kappa shape index (κ1) is 12.0. The first-order valence-electron chi connectivity index (χ1n) is 5.63. The lowest BCUT2D eigenvalue weighted by Gasteiger charge is -2.21. The summed E-state index contributed by atoms with van der Waals surface area (Å²) in [7, 11) is 0. The quantitative estimate of drug-likeness (QED) is 0.727. The zero-order valence-electron chi connectivity index (χ0n) is 9.33. The van der Waals surface area contributed by atoms with Gasteiger partial charge in [0, 0.05) is 19.5 Å². The van der Waals surface area contributed by atoms with Gasteiger partial charge in [-0.25, -0.2) is 0 Å². The van der Waals surface area contributed by atoms with E-state index in [1.165, 1.54) is 0 Å². The van der Waals surface area contributed by atoms with E-state index >= 15 is 0 Å². The smallest absolute Gasteiger partial charge is 0.222 e. The number of nitriles is 1. The predicted octanol–water partition coefficient (Wildman–Crippen LogP) is 0.748. The minimum Gasteiger partial charge on any atom is -0.342 e. The number of carbonyl (C=O) groups excluding carboxylic acids is 1. The second-order valence-corrected chi connectivity index (χ2v) is 3.94. The Balaban J connectivity index is 2.32. The van der Waals surface area contributed by atoms with Gasteiger partial charge in [0.1, 0.15) is 0 Å². The van der Waals surface area contributed by atoms with E-state index in [4.69, 9.17) is 5.26 Å². The monoisotopic (exact) mass is 209 g/mol. The van der Waals surface area contributed by atoms with Crippen LogP contribution in [0.25, 0.3) is 0 Å². The van der Waals surface area contributed by atoms with E-state index in [2.05, 4.69) is 11.4 Å². The van der Waals surface area contributed by atoms with Crippen molar-refractivity contribution in [3.63, 3.8) is 0 Å². The van der Waals surface area contributed by atoms with Gasteiger partial charge >= 0.3 is 0 Å². The van der Waals surface area contributed by atoms with Crippen LogP contribution in [0, 0.1) is 17.2 Å². The highest BCUT2D eigenvalue weighted by atomic mass is 16.2. The lowest BCUT2D eigenvalue weighted by atomic mass is 10.0. The molecule has 1 heterocycles. The van der Waals surface area contributed by atoms with Crippen LogP contribution in [0.3, 0.4) is 0 Å². The van der Waals surface area contributed by atoms with Gasteiger partial charge in [-0.1, -0.05) is 0 Å². The van der Waals surface area contributed by atoms with Crippen molar-refractivity contribution in [3.8, 4) is 6.07 Å². The van der Waals surface area contributed by atoms with Crippen molar-refractivity contribution in [2.45, 2.75) is 26.2 Å². The molecule has 1 aliphatic heterocycles. The maximum atomic E-state index is 11.8. The van der Waals surface area contributed by atoms with Gasteiger partial charge in [0.2, 0.25) is 5.91 Å². The Hall–Kier alpha value is -1.08. The van der Waals surface area contributed by atoms with Crippen molar-refractivity contribution in [2.24, 2.45) is 5.92 Å². The van der Waals surface area contributed by atoms with Gasteiger partial charge in [0.05, 0.1) is 12.5 Å². The lowest BCUT2D eigenvalue weighted by molar-refractivity contribution is -0.131. The van der Waals surface area contributed by atoms with E-state index in [1.54, 1.807) is 4.90 Å². The molecule has 1 saturated heterocycles. The van der Waals surface area contributed by atoms with Crippen LogP contribution in [0.4, 0.5) is 0 Å². The molecule has 4 heteroatoms. The third kappa shape index (κ3) is 3.88. The van der Waals surface area contributed by atoms with Crippen molar-refractivity contribution in [1.29, 1.82) is 5.26 Å². The number of rotatable bonds is 5. The summed E-state index contributed by atoms with van der Waals surface area (Å²) in [6, 6.07) is 2.07. The standard InChI is InChI=1S/C11H19N3O/c1-2-14(7-3-5-12)11(15)8-10-4-6-13-9-10/h10,13H,2-4,6-9H2,1H3. The zero-order chi connectivity index (χ0) is 11.1. The van der Waals surface area contributed by atoms with Crippen molar-refractivity contribution in [2.75, 3.05) is 26.2 Å². The highest BCUT2D eigenvalue weighted by Crippen LogP contribution is 2.13. The summed E-state index contributed by atoms with van der Waals surface area (Å²) < 4.78 is 0. The maximum Gasteiger partial charge on any atom is 0.222 e. The van der Waals surface area contributed by atoms with Gasteiger partial charge in [-0.2, -0.15) is 5.26 Å². The third-order valence-corrected chi connectivity index (χ3v) is 2.85. The summed E-state index contributed by atoms with van der Waals surface area (Å²) in [4.78, 5) is 13.6. The molecule has 1 N–H and O–H groups in total. The molecule has 0 radical (unpaired) electrons. The van der Waals surface area contributed by atoms with Crippen molar-refractivity contribution >= 4 is 5.91 Å². The molecule has 1 atom stereocenters. The molecule has 84 valence electrons. The van der Waals surface area contributed by atoms with E-state index in [-0.39, 0.29) is 5.91 Å². The maximum absolute atomic E-state index is 11.8. The summed E-state index contributed by atoms with van der Waals surface area (Å²) in [5.74, 6) is 0.690. The molecule has 15 heavy (non-hydrogen) atoms. The van der Waals surface area contributed by atoms with Gasteiger partial charge in [0.25, 0.3) is 0 Å². The molecule has 0 aromatic heterocycles. The van der Waals surface area contributed by atoms with Gasteiger partial charge in [-0.05, 0) is 32.4 Å². The van der Waals surface area contributed by atoms with Crippen LogP contribution in [-0.2, 0) is 4.79 Å². The summed E-state index contributed by atoms with van der Waals surface area (Å²) >= 11 is 0. The molecule has 1 rings (SSSR count). The Bertz CT molecular complexity index is 241. The molecule has 1 fully saturated rings. The highest BCUT2D eigenvalue weighted by Gasteiger charge is 2.20. The van der Waals surface area contributed by atoms with Crippen LogP contribution >= 0.6 is 0 Å². The number of carbonyl (C=O) groups is 1. The second kappa shape index (κ2) is 6.41. The molecule has 0 aromatic carbocycles. The summed E-state index contributed by atoms with van der Waals surface area (Å²) in [6.07, 6.45) is 2.16. The van der Waals surface area contributed by atoms with Crippen LogP contribution in [0.15, 0.2) is 0 Å². The van der Waals surface area contributed by atoms with Crippen molar-refractivity contribution in [1.82, 2.24) is 10.2 Å². The first-order valence-corrected chi connectivity index (χ1v) is 5.63. The van der Waals surface area contributed by atoms with E-state index in [0.29, 0.717) is 31.8 Å². The van der Waals surface area contributed by atoms with Crippen molar-refractivity contribution in [3.05, 3.63) is 0 Å².